The number of hydrogen-bond donors (Lipinski definition) is 2. The van der Waals surface area contributed by atoms with E-state index in [1.54, 1.807) is 12.4 Å². The lowest BCUT2D eigenvalue weighted by Gasteiger charge is -2.12. The van der Waals surface area contributed by atoms with Crippen LogP contribution in [0.4, 0.5) is 4.79 Å². The summed E-state index contributed by atoms with van der Waals surface area (Å²) in [5, 5.41) is 5.55. The normalized spacial score (nSPS) is 10.2. The van der Waals surface area contributed by atoms with Gasteiger partial charge in [0.2, 0.25) is 0 Å². The lowest BCUT2D eigenvalue weighted by Crippen LogP contribution is -2.37. The summed E-state index contributed by atoms with van der Waals surface area (Å²) in [5.74, 6) is 0.866. The van der Waals surface area contributed by atoms with Crippen molar-refractivity contribution < 1.29 is 9.53 Å². The average molecular weight is 313 g/mol. The predicted octanol–water partition coefficient (Wildman–Crippen LogP) is 2.89. The van der Waals surface area contributed by atoms with Gasteiger partial charge in [-0.1, -0.05) is 12.1 Å². The van der Waals surface area contributed by atoms with Gasteiger partial charge in [0.1, 0.15) is 12.4 Å². The molecule has 0 radical (unpaired) electrons. The number of carbonyl (C=O) groups is 1. The van der Waals surface area contributed by atoms with E-state index in [2.05, 4.69) is 35.5 Å². The van der Waals surface area contributed by atoms with Crippen LogP contribution in [0.25, 0.3) is 0 Å². The molecule has 0 bridgehead atoms. The second-order valence-electron chi connectivity index (χ2n) is 5.52. The number of pyridine rings is 1. The Hall–Kier alpha value is -2.56. The fourth-order valence-corrected chi connectivity index (χ4v) is 2.16. The van der Waals surface area contributed by atoms with E-state index in [4.69, 9.17) is 4.74 Å². The summed E-state index contributed by atoms with van der Waals surface area (Å²) in [6.45, 7) is 7.51. The zero-order valence-corrected chi connectivity index (χ0v) is 13.8. The largest absolute Gasteiger partial charge is 0.491 e. The van der Waals surface area contributed by atoms with E-state index in [1.807, 2.05) is 25.1 Å². The fourth-order valence-electron chi connectivity index (χ4n) is 2.16. The minimum Gasteiger partial charge on any atom is -0.491 e. The Kier molecular flexibility index (Phi) is 5.97. The van der Waals surface area contributed by atoms with Crippen molar-refractivity contribution in [3.63, 3.8) is 0 Å². The molecule has 0 unspecified atom stereocenters. The van der Waals surface area contributed by atoms with Crippen LogP contribution in [0.5, 0.6) is 5.75 Å². The average Bonchev–Trinajstić information content (AvgIpc) is 2.55. The van der Waals surface area contributed by atoms with Gasteiger partial charge in [0.15, 0.2) is 0 Å². The topological polar surface area (TPSA) is 63.2 Å². The third kappa shape index (κ3) is 5.29. The van der Waals surface area contributed by atoms with Gasteiger partial charge in [-0.2, -0.15) is 0 Å². The van der Waals surface area contributed by atoms with Gasteiger partial charge in [-0.05, 0) is 55.2 Å². The minimum absolute atomic E-state index is 0.214. The first-order valence-electron chi connectivity index (χ1n) is 7.67. The first-order chi connectivity index (χ1) is 11.1. The number of urea groups is 1. The number of rotatable bonds is 6. The SMILES string of the molecule is Cc1cc(C)c(OCCNC(=O)NCc2cccnc2)cc1C. The minimum atomic E-state index is -0.214. The molecule has 2 amide bonds. The molecule has 0 saturated heterocycles. The number of ether oxygens (including phenoxy) is 1. The van der Waals surface area contributed by atoms with E-state index < -0.39 is 0 Å². The molecule has 2 rings (SSSR count). The molecule has 0 saturated carbocycles. The molecular formula is C18H23N3O2. The zero-order valence-electron chi connectivity index (χ0n) is 13.8. The van der Waals surface area contributed by atoms with Crippen molar-refractivity contribution in [3.8, 4) is 5.75 Å². The first-order valence-corrected chi connectivity index (χ1v) is 7.67. The molecule has 5 heteroatoms. The van der Waals surface area contributed by atoms with E-state index in [9.17, 15) is 4.79 Å². The maximum Gasteiger partial charge on any atom is 0.315 e. The summed E-state index contributed by atoms with van der Waals surface area (Å²) < 4.78 is 5.73. The summed E-state index contributed by atoms with van der Waals surface area (Å²) in [6.07, 6.45) is 3.43. The highest BCUT2D eigenvalue weighted by atomic mass is 16.5. The van der Waals surface area contributed by atoms with Crippen molar-refractivity contribution in [2.24, 2.45) is 0 Å². The standard InChI is InChI=1S/C18H23N3O2/c1-13-9-15(3)17(10-14(13)2)23-8-7-20-18(22)21-12-16-5-4-6-19-11-16/h4-6,9-11H,7-8,12H2,1-3H3,(H2,20,21,22). The third-order valence-electron chi connectivity index (χ3n) is 3.61. The van der Waals surface area contributed by atoms with E-state index in [-0.39, 0.29) is 6.03 Å². The van der Waals surface area contributed by atoms with E-state index in [0.717, 1.165) is 16.9 Å². The molecule has 122 valence electrons. The van der Waals surface area contributed by atoms with Crippen molar-refractivity contribution in [2.75, 3.05) is 13.2 Å². The number of amides is 2. The number of hydrogen-bond acceptors (Lipinski definition) is 3. The molecule has 2 N–H and O–H groups in total. The van der Waals surface area contributed by atoms with Gasteiger partial charge in [-0.25, -0.2) is 4.79 Å². The Labute approximate surface area is 137 Å². The Morgan fingerprint density at radius 2 is 1.91 bits per heavy atom. The summed E-state index contributed by atoms with van der Waals surface area (Å²) in [7, 11) is 0. The van der Waals surface area contributed by atoms with Gasteiger partial charge in [0, 0.05) is 18.9 Å². The predicted molar refractivity (Wildman–Crippen MR) is 90.6 cm³/mol. The van der Waals surface area contributed by atoms with E-state index >= 15 is 0 Å². The molecule has 0 atom stereocenters. The number of carbonyl (C=O) groups excluding carboxylic acids is 1. The van der Waals surface area contributed by atoms with E-state index in [0.29, 0.717) is 19.7 Å². The Bertz CT molecular complexity index is 657. The van der Waals surface area contributed by atoms with Gasteiger partial charge < -0.3 is 15.4 Å². The summed E-state index contributed by atoms with van der Waals surface area (Å²) in [5.41, 5.74) is 4.52. The number of benzene rings is 1. The fraction of sp³-hybridized carbons (Fsp3) is 0.333. The molecule has 1 aromatic carbocycles. The highest BCUT2D eigenvalue weighted by molar-refractivity contribution is 5.73. The second kappa shape index (κ2) is 8.17. The van der Waals surface area contributed by atoms with Crippen molar-refractivity contribution in [1.29, 1.82) is 0 Å². The number of nitrogens with one attached hydrogen (secondary N) is 2. The van der Waals surface area contributed by atoms with Gasteiger partial charge in [-0.15, -0.1) is 0 Å². The van der Waals surface area contributed by atoms with Crippen LogP contribution >= 0.6 is 0 Å². The van der Waals surface area contributed by atoms with E-state index in [1.165, 1.54) is 11.1 Å². The lowest BCUT2D eigenvalue weighted by molar-refractivity contribution is 0.236. The van der Waals surface area contributed by atoms with Gasteiger partial charge >= 0.3 is 6.03 Å². The van der Waals surface area contributed by atoms with Crippen LogP contribution < -0.4 is 15.4 Å². The maximum atomic E-state index is 11.7. The zero-order chi connectivity index (χ0) is 16.7. The van der Waals surface area contributed by atoms with Crippen LogP contribution in [0.3, 0.4) is 0 Å². The van der Waals surface area contributed by atoms with Crippen molar-refractivity contribution in [3.05, 3.63) is 58.9 Å². The first kappa shape index (κ1) is 16.8. The number of nitrogens with zero attached hydrogens (tertiary/aromatic N) is 1. The maximum absolute atomic E-state index is 11.7. The highest BCUT2D eigenvalue weighted by Crippen LogP contribution is 2.22. The molecule has 23 heavy (non-hydrogen) atoms. The molecule has 1 heterocycles. The molecule has 0 fully saturated rings. The highest BCUT2D eigenvalue weighted by Gasteiger charge is 2.04. The van der Waals surface area contributed by atoms with Gasteiger partial charge in [-0.3, -0.25) is 4.98 Å². The van der Waals surface area contributed by atoms with Crippen molar-refractivity contribution in [1.82, 2.24) is 15.6 Å². The summed E-state index contributed by atoms with van der Waals surface area (Å²) in [6, 6.07) is 7.69. The van der Waals surface area contributed by atoms with Crippen LogP contribution in [0.2, 0.25) is 0 Å². The quantitative estimate of drug-likeness (QED) is 0.806. The van der Waals surface area contributed by atoms with Crippen molar-refractivity contribution >= 4 is 6.03 Å². The molecule has 1 aromatic heterocycles. The number of aromatic nitrogens is 1. The van der Waals surface area contributed by atoms with Crippen LogP contribution in [0.1, 0.15) is 22.3 Å². The molecule has 0 aliphatic heterocycles. The second-order valence-corrected chi connectivity index (χ2v) is 5.52. The van der Waals surface area contributed by atoms with Gasteiger partial charge in [0.05, 0.1) is 6.54 Å². The summed E-state index contributed by atoms with van der Waals surface area (Å²) in [4.78, 5) is 15.7. The molecule has 2 aromatic rings. The van der Waals surface area contributed by atoms with Crippen molar-refractivity contribution in [2.45, 2.75) is 27.3 Å². The third-order valence-corrected chi connectivity index (χ3v) is 3.61. The monoisotopic (exact) mass is 313 g/mol. The summed E-state index contributed by atoms with van der Waals surface area (Å²) >= 11 is 0. The van der Waals surface area contributed by atoms with Crippen LogP contribution in [-0.4, -0.2) is 24.2 Å². The van der Waals surface area contributed by atoms with Crippen LogP contribution in [-0.2, 0) is 6.54 Å². The lowest BCUT2D eigenvalue weighted by atomic mass is 10.1. The smallest absolute Gasteiger partial charge is 0.315 e. The van der Waals surface area contributed by atoms with Gasteiger partial charge in [0.25, 0.3) is 0 Å². The Morgan fingerprint density at radius 3 is 2.65 bits per heavy atom. The molecular weight excluding hydrogens is 290 g/mol. The molecule has 0 spiro atoms. The number of aryl methyl sites for hydroxylation is 3. The Morgan fingerprint density at radius 1 is 1.13 bits per heavy atom. The Balaban J connectivity index is 1.69. The molecule has 5 nitrogen and oxygen atoms in total. The van der Waals surface area contributed by atoms with Crippen LogP contribution in [0.15, 0.2) is 36.7 Å². The molecule has 0 aliphatic carbocycles. The molecule has 0 aliphatic rings. The van der Waals surface area contributed by atoms with Crippen LogP contribution in [0, 0.1) is 20.8 Å².